The van der Waals surface area contributed by atoms with Gasteiger partial charge >= 0.3 is 5.97 Å². The third-order valence-corrected chi connectivity index (χ3v) is 3.42. The summed E-state index contributed by atoms with van der Waals surface area (Å²) in [5.74, 6) is -0.789. The second-order valence-corrected chi connectivity index (χ2v) is 5.34. The van der Waals surface area contributed by atoms with E-state index in [9.17, 15) is 4.79 Å². The van der Waals surface area contributed by atoms with E-state index in [1.807, 2.05) is 10.9 Å². The van der Waals surface area contributed by atoms with Crippen molar-refractivity contribution < 1.29 is 9.90 Å². The number of carbonyl (C=O) groups is 1. The average Bonchev–Trinajstić information content (AvgIpc) is 2.87. The Hall–Kier alpha value is -1.39. The fourth-order valence-electron chi connectivity index (χ4n) is 2.21. The Morgan fingerprint density at radius 3 is 2.45 bits per heavy atom. The van der Waals surface area contributed by atoms with E-state index in [-0.39, 0.29) is 6.42 Å². The maximum absolute atomic E-state index is 10.5. The Bertz CT molecular complexity index is 377. The van der Waals surface area contributed by atoms with Crippen LogP contribution in [0.4, 0.5) is 0 Å². The SMILES string of the molecule is CCCCCCCCCCn1cc(CCC(=O)O)nn1. The van der Waals surface area contributed by atoms with Crippen LogP contribution < -0.4 is 0 Å². The summed E-state index contributed by atoms with van der Waals surface area (Å²) >= 11 is 0. The van der Waals surface area contributed by atoms with Crippen LogP contribution in [0.2, 0.25) is 0 Å². The monoisotopic (exact) mass is 281 g/mol. The highest BCUT2D eigenvalue weighted by molar-refractivity contribution is 5.66. The molecule has 1 heterocycles. The molecule has 0 unspecified atom stereocenters. The van der Waals surface area contributed by atoms with E-state index < -0.39 is 5.97 Å². The first-order valence-electron chi connectivity index (χ1n) is 7.83. The Labute approximate surface area is 121 Å². The summed E-state index contributed by atoms with van der Waals surface area (Å²) in [7, 11) is 0. The number of aryl methyl sites for hydroxylation is 2. The standard InChI is InChI=1S/C15H27N3O2/c1-2-3-4-5-6-7-8-9-12-18-13-14(16-17-18)10-11-15(19)20/h13H,2-12H2,1H3,(H,19,20). The van der Waals surface area contributed by atoms with E-state index in [0.29, 0.717) is 6.42 Å². The minimum Gasteiger partial charge on any atom is -0.481 e. The molecule has 1 aromatic rings. The fraction of sp³-hybridized carbons (Fsp3) is 0.800. The summed E-state index contributed by atoms with van der Waals surface area (Å²) < 4.78 is 1.83. The van der Waals surface area contributed by atoms with Gasteiger partial charge in [-0.15, -0.1) is 5.10 Å². The summed E-state index contributed by atoms with van der Waals surface area (Å²) in [4.78, 5) is 10.5. The Morgan fingerprint density at radius 2 is 1.80 bits per heavy atom. The molecule has 0 atom stereocenters. The molecule has 1 rings (SSSR count). The van der Waals surface area contributed by atoms with Gasteiger partial charge in [0.15, 0.2) is 0 Å². The summed E-state index contributed by atoms with van der Waals surface area (Å²) in [5, 5.41) is 16.6. The first-order chi connectivity index (χ1) is 9.72. The van der Waals surface area contributed by atoms with Gasteiger partial charge in [-0.2, -0.15) is 0 Å². The maximum Gasteiger partial charge on any atom is 0.303 e. The highest BCUT2D eigenvalue weighted by atomic mass is 16.4. The lowest BCUT2D eigenvalue weighted by atomic mass is 10.1. The van der Waals surface area contributed by atoms with Gasteiger partial charge in [-0.3, -0.25) is 9.48 Å². The molecule has 0 saturated heterocycles. The molecule has 5 nitrogen and oxygen atoms in total. The number of hydrogen-bond donors (Lipinski definition) is 1. The number of nitrogens with zero attached hydrogens (tertiary/aromatic N) is 3. The predicted molar refractivity (Wildman–Crippen MR) is 78.6 cm³/mol. The Morgan fingerprint density at radius 1 is 1.15 bits per heavy atom. The molecule has 1 aromatic heterocycles. The van der Waals surface area contributed by atoms with Crippen molar-refractivity contribution in [3.05, 3.63) is 11.9 Å². The molecular formula is C15H27N3O2. The maximum atomic E-state index is 10.5. The highest BCUT2D eigenvalue weighted by Crippen LogP contribution is 2.09. The van der Waals surface area contributed by atoms with Crippen molar-refractivity contribution in [3.8, 4) is 0 Å². The second kappa shape index (κ2) is 10.4. The van der Waals surface area contributed by atoms with Gasteiger partial charge in [0.05, 0.1) is 12.1 Å². The fourth-order valence-corrected chi connectivity index (χ4v) is 2.21. The molecule has 5 heteroatoms. The number of aromatic nitrogens is 3. The van der Waals surface area contributed by atoms with E-state index in [1.54, 1.807) is 0 Å². The molecule has 0 radical (unpaired) electrons. The molecule has 20 heavy (non-hydrogen) atoms. The lowest BCUT2D eigenvalue weighted by Gasteiger charge is -2.01. The van der Waals surface area contributed by atoms with Crippen molar-refractivity contribution in [2.75, 3.05) is 0 Å². The normalized spacial score (nSPS) is 10.8. The van der Waals surface area contributed by atoms with E-state index in [2.05, 4.69) is 17.2 Å². The summed E-state index contributed by atoms with van der Waals surface area (Å²) in [6.07, 6.45) is 12.8. The first kappa shape index (κ1) is 16.7. The molecule has 0 aromatic carbocycles. The van der Waals surface area contributed by atoms with Crippen molar-refractivity contribution in [3.63, 3.8) is 0 Å². The van der Waals surface area contributed by atoms with Gasteiger partial charge < -0.3 is 5.11 Å². The molecule has 114 valence electrons. The zero-order valence-electron chi connectivity index (χ0n) is 12.6. The van der Waals surface area contributed by atoms with Crippen molar-refractivity contribution in [1.29, 1.82) is 0 Å². The molecule has 0 aliphatic carbocycles. The lowest BCUT2D eigenvalue weighted by molar-refractivity contribution is -0.136. The summed E-state index contributed by atoms with van der Waals surface area (Å²) in [6.45, 7) is 3.12. The highest BCUT2D eigenvalue weighted by Gasteiger charge is 2.03. The molecule has 1 N–H and O–H groups in total. The number of aliphatic carboxylic acids is 1. The number of carboxylic acid groups (broad SMARTS) is 1. The number of rotatable bonds is 12. The number of hydrogen-bond acceptors (Lipinski definition) is 3. The minimum absolute atomic E-state index is 0.121. The Balaban J connectivity index is 2.03. The van der Waals surface area contributed by atoms with Gasteiger partial charge in [0.2, 0.25) is 0 Å². The zero-order chi connectivity index (χ0) is 14.6. The topological polar surface area (TPSA) is 68.0 Å². The zero-order valence-corrected chi connectivity index (χ0v) is 12.6. The van der Waals surface area contributed by atoms with Crippen LogP contribution in [-0.2, 0) is 17.8 Å². The Kier molecular flexibility index (Phi) is 8.67. The van der Waals surface area contributed by atoms with Crippen LogP contribution in [0.25, 0.3) is 0 Å². The molecule has 0 aliphatic rings. The third kappa shape index (κ3) is 7.92. The van der Waals surface area contributed by atoms with Crippen molar-refractivity contribution in [2.24, 2.45) is 0 Å². The van der Waals surface area contributed by atoms with Crippen molar-refractivity contribution in [1.82, 2.24) is 15.0 Å². The van der Waals surface area contributed by atoms with Crippen LogP contribution in [0.1, 0.15) is 70.4 Å². The van der Waals surface area contributed by atoms with E-state index in [0.717, 1.165) is 18.7 Å². The summed E-state index contributed by atoms with van der Waals surface area (Å²) in [5.41, 5.74) is 0.770. The number of unbranched alkanes of at least 4 members (excludes halogenated alkanes) is 7. The molecule has 0 aliphatic heterocycles. The van der Waals surface area contributed by atoms with Gasteiger partial charge in [-0.1, -0.05) is 57.1 Å². The molecule has 0 fully saturated rings. The largest absolute Gasteiger partial charge is 0.481 e. The smallest absolute Gasteiger partial charge is 0.303 e. The predicted octanol–water partition coefficient (Wildman–Crippen LogP) is 3.44. The molecular weight excluding hydrogens is 254 g/mol. The third-order valence-electron chi connectivity index (χ3n) is 3.42. The van der Waals surface area contributed by atoms with Crippen molar-refractivity contribution in [2.45, 2.75) is 77.7 Å². The van der Waals surface area contributed by atoms with E-state index in [1.165, 1.54) is 44.9 Å². The molecule has 0 bridgehead atoms. The van der Waals surface area contributed by atoms with Gasteiger partial charge in [0.1, 0.15) is 0 Å². The van der Waals surface area contributed by atoms with Gasteiger partial charge in [0.25, 0.3) is 0 Å². The van der Waals surface area contributed by atoms with Crippen LogP contribution in [0, 0.1) is 0 Å². The van der Waals surface area contributed by atoms with Crippen molar-refractivity contribution >= 4 is 5.97 Å². The van der Waals surface area contributed by atoms with Crippen LogP contribution in [0.3, 0.4) is 0 Å². The number of carboxylic acids is 1. The second-order valence-electron chi connectivity index (χ2n) is 5.34. The first-order valence-corrected chi connectivity index (χ1v) is 7.83. The van der Waals surface area contributed by atoms with Gasteiger partial charge in [-0.05, 0) is 6.42 Å². The van der Waals surface area contributed by atoms with Crippen LogP contribution >= 0.6 is 0 Å². The summed E-state index contributed by atoms with van der Waals surface area (Å²) in [6, 6.07) is 0. The minimum atomic E-state index is -0.789. The van der Waals surface area contributed by atoms with Gasteiger partial charge in [0, 0.05) is 19.2 Å². The quantitative estimate of drug-likeness (QED) is 0.596. The van der Waals surface area contributed by atoms with Crippen LogP contribution in [-0.4, -0.2) is 26.1 Å². The van der Waals surface area contributed by atoms with E-state index >= 15 is 0 Å². The molecule has 0 amide bonds. The molecule has 0 saturated carbocycles. The average molecular weight is 281 g/mol. The van der Waals surface area contributed by atoms with E-state index in [4.69, 9.17) is 5.11 Å². The van der Waals surface area contributed by atoms with Gasteiger partial charge in [-0.25, -0.2) is 0 Å². The van der Waals surface area contributed by atoms with Crippen LogP contribution in [0.5, 0.6) is 0 Å². The lowest BCUT2D eigenvalue weighted by Crippen LogP contribution is -1.99. The molecule has 0 spiro atoms. The van der Waals surface area contributed by atoms with Crippen LogP contribution in [0.15, 0.2) is 6.20 Å².